The number of carbonyl (C=O) groups excluding carboxylic acids is 1. The minimum absolute atomic E-state index is 0.0809. The van der Waals surface area contributed by atoms with E-state index in [1.54, 1.807) is 13.8 Å². The summed E-state index contributed by atoms with van der Waals surface area (Å²) in [6.45, 7) is 6.36. The zero-order valence-electron chi connectivity index (χ0n) is 17.4. The Morgan fingerprint density at radius 3 is 2.65 bits per heavy atom. The molecule has 1 fully saturated rings. The Hall–Kier alpha value is -2.88. The van der Waals surface area contributed by atoms with Gasteiger partial charge in [0.1, 0.15) is 18.7 Å². The number of aromatic nitrogens is 3. The molecule has 0 radical (unpaired) electrons. The van der Waals surface area contributed by atoms with Crippen LogP contribution in [0.4, 0.5) is 13.2 Å². The summed E-state index contributed by atoms with van der Waals surface area (Å²) < 4.78 is 51.9. The quantitative estimate of drug-likeness (QED) is 0.461. The number of carbonyl (C=O) groups is 1. The number of alkyl halides is 3. The van der Waals surface area contributed by atoms with E-state index in [9.17, 15) is 18.0 Å². The predicted octanol–water partition coefficient (Wildman–Crippen LogP) is 3.86. The number of rotatable bonds is 8. The van der Waals surface area contributed by atoms with Gasteiger partial charge in [0.25, 0.3) is 0 Å². The number of benzene rings is 1. The number of hydrogen-bond donors (Lipinski definition) is 0. The average Bonchev–Trinajstić information content (AvgIpc) is 3.37. The molecule has 2 aromatic rings. The van der Waals surface area contributed by atoms with Crippen molar-refractivity contribution in [3.05, 3.63) is 36.2 Å². The first-order valence-electron chi connectivity index (χ1n) is 10.1. The van der Waals surface area contributed by atoms with Crippen LogP contribution in [-0.4, -0.2) is 58.0 Å². The van der Waals surface area contributed by atoms with Gasteiger partial charge in [-0.25, -0.2) is 14.5 Å². The molecule has 1 aliphatic rings. The lowest BCUT2D eigenvalue weighted by atomic mass is 10.1. The number of hydrogen-bond acceptors (Lipinski definition) is 6. The Kier molecular flexibility index (Phi) is 7.32. The van der Waals surface area contributed by atoms with E-state index in [1.165, 1.54) is 23.3 Å². The normalized spacial score (nSPS) is 15.2. The SMILES string of the molecule is CC(C)OC(=O)C=Cn1cnc(-c2cc(OCCN3CCCC3)cc(C(F)(F)F)c2)n1. The van der Waals surface area contributed by atoms with Crippen LogP contribution in [0, 0.1) is 0 Å². The van der Waals surface area contributed by atoms with Crippen LogP contribution >= 0.6 is 0 Å². The molecule has 0 atom stereocenters. The molecule has 10 heteroatoms. The highest BCUT2D eigenvalue weighted by Crippen LogP contribution is 2.35. The first-order valence-corrected chi connectivity index (χ1v) is 10.1. The minimum atomic E-state index is -4.54. The lowest BCUT2D eigenvalue weighted by Crippen LogP contribution is -2.25. The molecule has 7 nitrogen and oxygen atoms in total. The second kappa shape index (κ2) is 9.95. The van der Waals surface area contributed by atoms with Gasteiger partial charge in [0, 0.05) is 24.4 Å². The van der Waals surface area contributed by atoms with E-state index in [0.717, 1.165) is 44.1 Å². The van der Waals surface area contributed by atoms with Crippen molar-refractivity contribution in [3.8, 4) is 17.1 Å². The van der Waals surface area contributed by atoms with Gasteiger partial charge >= 0.3 is 12.1 Å². The largest absolute Gasteiger partial charge is 0.492 e. The molecule has 168 valence electrons. The van der Waals surface area contributed by atoms with Crippen LogP contribution in [0.1, 0.15) is 32.3 Å². The first kappa shape index (κ1) is 22.8. The topological polar surface area (TPSA) is 69.5 Å². The van der Waals surface area contributed by atoms with Crippen LogP contribution in [0.3, 0.4) is 0 Å². The van der Waals surface area contributed by atoms with Crippen molar-refractivity contribution in [2.24, 2.45) is 0 Å². The molecule has 2 heterocycles. The number of ether oxygens (including phenoxy) is 2. The van der Waals surface area contributed by atoms with Gasteiger partial charge in [-0.1, -0.05) is 0 Å². The van der Waals surface area contributed by atoms with Crippen LogP contribution in [-0.2, 0) is 15.7 Å². The number of esters is 1. The second-order valence-electron chi connectivity index (χ2n) is 7.49. The fraction of sp³-hybridized carbons (Fsp3) is 0.476. The third-order valence-corrected chi connectivity index (χ3v) is 4.59. The summed E-state index contributed by atoms with van der Waals surface area (Å²) >= 11 is 0. The van der Waals surface area contributed by atoms with Gasteiger partial charge in [-0.2, -0.15) is 13.2 Å². The van der Waals surface area contributed by atoms with E-state index in [4.69, 9.17) is 9.47 Å². The molecule has 1 saturated heterocycles. The Labute approximate surface area is 178 Å². The van der Waals surface area contributed by atoms with Gasteiger partial charge in [0.15, 0.2) is 5.82 Å². The van der Waals surface area contributed by atoms with E-state index < -0.39 is 17.7 Å². The lowest BCUT2D eigenvalue weighted by molar-refractivity contribution is -0.141. The highest BCUT2D eigenvalue weighted by Gasteiger charge is 2.32. The van der Waals surface area contributed by atoms with Crippen LogP contribution in [0.15, 0.2) is 30.6 Å². The second-order valence-corrected chi connectivity index (χ2v) is 7.49. The monoisotopic (exact) mass is 438 g/mol. The van der Waals surface area contributed by atoms with Crippen LogP contribution in [0.5, 0.6) is 5.75 Å². The average molecular weight is 438 g/mol. The van der Waals surface area contributed by atoms with Crippen molar-refractivity contribution in [2.75, 3.05) is 26.2 Å². The third kappa shape index (κ3) is 6.81. The standard InChI is InChI=1S/C21H25F3N4O3/c1-15(2)31-19(29)5-8-28-14-25-20(26-28)16-11-17(21(22,23)24)13-18(12-16)30-10-9-27-6-3-4-7-27/h5,8,11-15H,3-4,6-7,9-10H2,1-2H3. The van der Waals surface area contributed by atoms with E-state index in [-0.39, 0.29) is 23.2 Å². The molecular formula is C21H25F3N4O3. The summed E-state index contributed by atoms with van der Waals surface area (Å²) in [5.41, 5.74) is -0.670. The van der Waals surface area contributed by atoms with Crippen LogP contribution in [0.25, 0.3) is 17.6 Å². The Morgan fingerprint density at radius 1 is 1.23 bits per heavy atom. The van der Waals surface area contributed by atoms with Gasteiger partial charge in [-0.3, -0.25) is 4.90 Å². The zero-order chi connectivity index (χ0) is 22.4. The summed E-state index contributed by atoms with van der Waals surface area (Å²) in [5, 5.41) is 4.12. The molecule has 1 aromatic carbocycles. The van der Waals surface area contributed by atoms with Crippen molar-refractivity contribution >= 4 is 12.2 Å². The van der Waals surface area contributed by atoms with Crippen LogP contribution in [0.2, 0.25) is 0 Å². The minimum Gasteiger partial charge on any atom is -0.492 e. The molecule has 1 aliphatic heterocycles. The van der Waals surface area contributed by atoms with Crippen molar-refractivity contribution in [3.63, 3.8) is 0 Å². The molecule has 0 bridgehead atoms. The molecule has 1 aromatic heterocycles. The molecule has 0 spiro atoms. The first-order chi connectivity index (χ1) is 14.7. The summed E-state index contributed by atoms with van der Waals surface area (Å²) in [6.07, 6.45) is 1.24. The predicted molar refractivity (Wildman–Crippen MR) is 108 cm³/mol. The highest BCUT2D eigenvalue weighted by molar-refractivity contribution is 5.85. The Balaban J connectivity index is 1.75. The van der Waals surface area contributed by atoms with Gasteiger partial charge in [-0.15, -0.1) is 5.10 Å². The molecule has 0 saturated carbocycles. The fourth-order valence-corrected chi connectivity index (χ4v) is 3.16. The third-order valence-electron chi connectivity index (χ3n) is 4.59. The maximum atomic E-state index is 13.4. The summed E-state index contributed by atoms with van der Waals surface area (Å²) in [7, 11) is 0. The number of nitrogens with zero attached hydrogens (tertiary/aromatic N) is 4. The molecular weight excluding hydrogens is 413 g/mol. The van der Waals surface area contributed by atoms with E-state index in [1.807, 2.05) is 0 Å². The Bertz CT molecular complexity index is 919. The van der Waals surface area contributed by atoms with Gasteiger partial charge < -0.3 is 9.47 Å². The summed E-state index contributed by atoms with van der Waals surface area (Å²) in [5.74, 6) is -0.367. The zero-order valence-corrected chi connectivity index (χ0v) is 17.4. The van der Waals surface area contributed by atoms with Gasteiger partial charge in [-0.05, 0) is 58.0 Å². The van der Waals surface area contributed by atoms with Gasteiger partial charge in [0.05, 0.1) is 11.7 Å². The molecule has 31 heavy (non-hydrogen) atoms. The van der Waals surface area contributed by atoms with Gasteiger partial charge in [0.2, 0.25) is 0 Å². The van der Waals surface area contributed by atoms with Crippen molar-refractivity contribution in [1.82, 2.24) is 19.7 Å². The van der Waals surface area contributed by atoms with E-state index >= 15 is 0 Å². The molecule has 0 aliphatic carbocycles. The molecule has 3 rings (SSSR count). The maximum absolute atomic E-state index is 13.4. The van der Waals surface area contributed by atoms with Crippen LogP contribution < -0.4 is 4.74 Å². The maximum Gasteiger partial charge on any atom is 0.416 e. The van der Waals surface area contributed by atoms with Crippen molar-refractivity contribution in [1.29, 1.82) is 0 Å². The Morgan fingerprint density at radius 2 is 1.97 bits per heavy atom. The summed E-state index contributed by atoms with van der Waals surface area (Å²) in [6, 6.07) is 3.44. The summed E-state index contributed by atoms with van der Waals surface area (Å²) in [4.78, 5) is 17.9. The van der Waals surface area contributed by atoms with E-state index in [2.05, 4.69) is 15.0 Å². The number of halogens is 3. The van der Waals surface area contributed by atoms with E-state index in [0.29, 0.717) is 13.2 Å². The molecule has 0 unspecified atom stereocenters. The fourth-order valence-electron chi connectivity index (χ4n) is 3.16. The highest BCUT2D eigenvalue weighted by atomic mass is 19.4. The molecule has 0 N–H and O–H groups in total. The lowest BCUT2D eigenvalue weighted by Gasteiger charge is -2.16. The number of likely N-dealkylation sites (tertiary alicyclic amines) is 1. The van der Waals surface area contributed by atoms with Crippen molar-refractivity contribution in [2.45, 2.75) is 39.0 Å². The van der Waals surface area contributed by atoms with Crippen molar-refractivity contribution < 1.29 is 27.4 Å². The molecule has 0 amide bonds. The smallest absolute Gasteiger partial charge is 0.416 e.